The Hall–Kier alpha value is -1.06. The topological polar surface area (TPSA) is 56.7 Å². The lowest BCUT2D eigenvalue weighted by molar-refractivity contribution is 0.302. The Bertz CT molecular complexity index is 319. The fourth-order valence-corrected chi connectivity index (χ4v) is 2.99. The summed E-state index contributed by atoms with van der Waals surface area (Å²) in [7, 11) is 0. The molecule has 0 aromatic carbocycles. The summed E-state index contributed by atoms with van der Waals surface area (Å²) in [6.45, 7) is 0. The maximum Gasteiger partial charge on any atom is 0.165 e. The van der Waals surface area contributed by atoms with Crippen LogP contribution in [0.3, 0.4) is 0 Å². The first-order valence-electron chi connectivity index (χ1n) is 5.00. The van der Waals surface area contributed by atoms with E-state index in [0.717, 1.165) is 11.8 Å². The van der Waals surface area contributed by atoms with E-state index in [1.807, 2.05) is 10.9 Å². The van der Waals surface area contributed by atoms with Gasteiger partial charge in [0.05, 0.1) is 12.2 Å². The lowest BCUT2D eigenvalue weighted by Gasteiger charge is -2.20. The van der Waals surface area contributed by atoms with Gasteiger partial charge in [0.25, 0.3) is 0 Å². The third-order valence-electron chi connectivity index (χ3n) is 3.57. The Balaban J connectivity index is 1.87. The monoisotopic (exact) mass is 178 g/mol. The average molecular weight is 178 g/mol. The van der Waals surface area contributed by atoms with E-state index in [-0.39, 0.29) is 0 Å². The molecule has 4 nitrogen and oxygen atoms in total. The molecule has 2 aliphatic carbocycles. The van der Waals surface area contributed by atoms with Gasteiger partial charge >= 0.3 is 0 Å². The van der Waals surface area contributed by atoms with Crippen LogP contribution < -0.4 is 5.73 Å². The maximum atomic E-state index is 5.55. The second kappa shape index (κ2) is 2.47. The molecule has 2 N–H and O–H groups in total. The van der Waals surface area contributed by atoms with Gasteiger partial charge in [0.15, 0.2) is 5.82 Å². The van der Waals surface area contributed by atoms with Crippen molar-refractivity contribution >= 4 is 5.82 Å². The molecule has 2 aliphatic rings. The number of nitrogens with two attached hydrogens (primary N) is 1. The third kappa shape index (κ3) is 1.04. The summed E-state index contributed by atoms with van der Waals surface area (Å²) in [6, 6.07) is 0.587. The predicted octanol–water partition coefficient (Wildman–Crippen LogP) is 1.22. The SMILES string of the molecule is Nc1cn(C2CC3CCC2C3)nn1. The summed E-state index contributed by atoms with van der Waals surface area (Å²) in [5.74, 6) is 2.33. The highest BCUT2D eigenvalue weighted by atomic mass is 15.4. The van der Waals surface area contributed by atoms with Gasteiger partial charge in [-0.2, -0.15) is 0 Å². The van der Waals surface area contributed by atoms with Crippen LogP contribution in [0.2, 0.25) is 0 Å². The molecule has 1 aromatic heterocycles. The van der Waals surface area contributed by atoms with Gasteiger partial charge in [0, 0.05) is 0 Å². The number of anilines is 1. The molecule has 1 heterocycles. The minimum Gasteiger partial charge on any atom is -0.381 e. The molecule has 3 unspecified atom stereocenters. The summed E-state index contributed by atoms with van der Waals surface area (Å²) in [6.07, 6.45) is 7.34. The molecule has 3 atom stereocenters. The predicted molar refractivity (Wildman–Crippen MR) is 48.9 cm³/mol. The second-order valence-electron chi connectivity index (χ2n) is 4.37. The van der Waals surface area contributed by atoms with Crippen LogP contribution in [0.25, 0.3) is 0 Å². The molecular formula is C9H14N4. The zero-order valence-corrected chi connectivity index (χ0v) is 7.56. The molecule has 1 aromatic rings. The highest BCUT2D eigenvalue weighted by Crippen LogP contribution is 2.50. The van der Waals surface area contributed by atoms with E-state index in [9.17, 15) is 0 Å². The Kier molecular flexibility index (Phi) is 1.39. The molecule has 13 heavy (non-hydrogen) atoms. The van der Waals surface area contributed by atoms with Crippen molar-refractivity contribution in [2.45, 2.75) is 31.7 Å². The van der Waals surface area contributed by atoms with Crippen molar-refractivity contribution in [1.29, 1.82) is 0 Å². The van der Waals surface area contributed by atoms with E-state index in [4.69, 9.17) is 5.73 Å². The van der Waals surface area contributed by atoms with E-state index in [1.54, 1.807) is 0 Å². The van der Waals surface area contributed by atoms with Gasteiger partial charge in [-0.1, -0.05) is 11.6 Å². The van der Waals surface area contributed by atoms with E-state index in [2.05, 4.69) is 10.3 Å². The van der Waals surface area contributed by atoms with E-state index >= 15 is 0 Å². The maximum absolute atomic E-state index is 5.55. The van der Waals surface area contributed by atoms with Crippen molar-refractivity contribution in [1.82, 2.24) is 15.0 Å². The van der Waals surface area contributed by atoms with Gasteiger partial charge < -0.3 is 5.73 Å². The Morgan fingerprint density at radius 3 is 2.85 bits per heavy atom. The van der Waals surface area contributed by atoms with Crippen molar-refractivity contribution in [2.24, 2.45) is 11.8 Å². The lowest BCUT2D eigenvalue weighted by atomic mass is 9.96. The molecule has 3 rings (SSSR count). The minimum atomic E-state index is 0.544. The van der Waals surface area contributed by atoms with Crippen LogP contribution in [0.1, 0.15) is 31.7 Å². The van der Waals surface area contributed by atoms with Crippen molar-refractivity contribution in [3.8, 4) is 0 Å². The summed E-state index contributed by atoms with van der Waals surface area (Å²) in [5.41, 5.74) is 5.55. The fourth-order valence-electron chi connectivity index (χ4n) is 2.99. The first-order valence-corrected chi connectivity index (χ1v) is 5.00. The Morgan fingerprint density at radius 1 is 1.38 bits per heavy atom. The second-order valence-corrected chi connectivity index (χ2v) is 4.37. The van der Waals surface area contributed by atoms with Crippen LogP contribution in [0.5, 0.6) is 0 Å². The highest BCUT2D eigenvalue weighted by molar-refractivity contribution is 5.20. The van der Waals surface area contributed by atoms with Crippen LogP contribution in [-0.4, -0.2) is 15.0 Å². The quantitative estimate of drug-likeness (QED) is 0.703. The van der Waals surface area contributed by atoms with Gasteiger partial charge in [-0.05, 0) is 31.1 Å². The average Bonchev–Trinajstić information content (AvgIpc) is 2.77. The van der Waals surface area contributed by atoms with Crippen LogP contribution in [0, 0.1) is 11.8 Å². The summed E-state index contributed by atoms with van der Waals surface area (Å²) in [4.78, 5) is 0. The van der Waals surface area contributed by atoms with Crippen molar-refractivity contribution in [3.05, 3.63) is 6.20 Å². The van der Waals surface area contributed by atoms with Gasteiger partial charge in [-0.3, -0.25) is 0 Å². The van der Waals surface area contributed by atoms with E-state index in [0.29, 0.717) is 11.9 Å². The van der Waals surface area contributed by atoms with Crippen molar-refractivity contribution in [3.63, 3.8) is 0 Å². The van der Waals surface area contributed by atoms with Gasteiger partial charge in [-0.15, -0.1) is 5.10 Å². The minimum absolute atomic E-state index is 0.544. The van der Waals surface area contributed by atoms with Crippen molar-refractivity contribution < 1.29 is 0 Å². The largest absolute Gasteiger partial charge is 0.381 e. The van der Waals surface area contributed by atoms with Crippen LogP contribution in [-0.2, 0) is 0 Å². The van der Waals surface area contributed by atoms with Crippen LogP contribution in [0.15, 0.2) is 6.20 Å². The molecule has 0 spiro atoms. The van der Waals surface area contributed by atoms with E-state index in [1.165, 1.54) is 25.7 Å². The molecule has 0 radical (unpaired) electrons. The number of aromatic nitrogens is 3. The molecule has 2 saturated carbocycles. The first kappa shape index (κ1) is 7.35. The van der Waals surface area contributed by atoms with Gasteiger partial charge in [0.1, 0.15) is 0 Å². The smallest absolute Gasteiger partial charge is 0.165 e. The molecule has 2 fully saturated rings. The van der Waals surface area contributed by atoms with Crippen LogP contribution in [0.4, 0.5) is 5.82 Å². The number of fused-ring (bicyclic) bond motifs is 2. The Morgan fingerprint density at radius 2 is 2.31 bits per heavy atom. The number of hydrogen-bond acceptors (Lipinski definition) is 3. The summed E-state index contributed by atoms with van der Waals surface area (Å²) in [5, 5.41) is 7.89. The molecule has 0 amide bonds. The standard InChI is InChI=1S/C9H14N4/c10-9-5-13(12-11-9)8-4-6-1-2-7(8)3-6/h5-8H,1-4,10H2. The number of rotatable bonds is 1. The molecule has 0 aliphatic heterocycles. The number of nitrogen functional groups attached to an aromatic ring is 1. The van der Waals surface area contributed by atoms with Gasteiger partial charge in [0.2, 0.25) is 0 Å². The molecule has 4 heteroatoms. The molecule has 70 valence electrons. The number of hydrogen-bond donors (Lipinski definition) is 1. The van der Waals surface area contributed by atoms with Gasteiger partial charge in [-0.25, -0.2) is 4.68 Å². The molecular weight excluding hydrogens is 164 g/mol. The summed E-state index contributed by atoms with van der Waals surface area (Å²) >= 11 is 0. The van der Waals surface area contributed by atoms with Crippen LogP contribution >= 0.6 is 0 Å². The lowest BCUT2D eigenvalue weighted by Crippen LogP contribution is -2.16. The number of nitrogens with zero attached hydrogens (tertiary/aromatic N) is 3. The summed E-state index contributed by atoms with van der Waals surface area (Å²) < 4.78 is 1.97. The molecule has 2 bridgehead atoms. The first-order chi connectivity index (χ1) is 6.33. The zero-order valence-electron chi connectivity index (χ0n) is 7.56. The fraction of sp³-hybridized carbons (Fsp3) is 0.778. The molecule has 0 saturated heterocycles. The highest BCUT2D eigenvalue weighted by Gasteiger charge is 2.40. The normalized spacial score (nSPS) is 37.1. The van der Waals surface area contributed by atoms with E-state index < -0.39 is 0 Å². The Labute approximate surface area is 77.1 Å². The van der Waals surface area contributed by atoms with Crippen molar-refractivity contribution in [2.75, 3.05) is 5.73 Å². The third-order valence-corrected chi connectivity index (χ3v) is 3.57. The zero-order chi connectivity index (χ0) is 8.84.